The van der Waals surface area contributed by atoms with E-state index in [1.54, 1.807) is 0 Å². The van der Waals surface area contributed by atoms with Crippen molar-refractivity contribution in [3.63, 3.8) is 0 Å². The molecule has 4 heteroatoms. The molecule has 0 spiro atoms. The molecule has 0 N–H and O–H groups in total. The number of carbonyl (C=O) groups excluding carboxylic acids is 1. The molecule has 2 aliphatic rings. The Labute approximate surface area is 111 Å². The van der Waals surface area contributed by atoms with Gasteiger partial charge in [0.15, 0.2) is 0 Å². The molecule has 2 fully saturated rings. The molecule has 1 unspecified atom stereocenters. The molecular weight excluding hydrogens is 226 g/mol. The van der Waals surface area contributed by atoms with Crippen LogP contribution in [0, 0.1) is 0 Å². The first-order chi connectivity index (χ1) is 8.59. The second-order valence-electron chi connectivity index (χ2n) is 5.96. The molecule has 2 rings (SSSR count). The van der Waals surface area contributed by atoms with Crippen LogP contribution < -0.4 is 0 Å². The number of urea groups is 1. The van der Waals surface area contributed by atoms with Gasteiger partial charge in [0.2, 0.25) is 0 Å². The topological polar surface area (TPSA) is 26.8 Å². The number of nitrogens with zero attached hydrogens (tertiary/aromatic N) is 3. The molecule has 2 saturated heterocycles. The molecular formula is C14H27N3O. The van der Waals surface area contributed by atoms with Crippen LogP contribution in [0.3, 0.4) is 0 Å². The summed E-state index contributed by atoms with van der Waals surface area (Å²) in [4.78, 5) is 19.0. The van der Waals surface area contributed by atoms with E-state index in [9.17, 15) is 4.79 Å². The van der Waals surface area contributed by atoms with Gasteiger partial charge in [-0.2, -0.15) is 0 Å². The van der Waals surface area contributed by atoms with Crippen LogP contribution in [0.15, 0.2) is 0 Å². The Bertz CT molecular complexity index is 287. The number of hydrogen-bond acceptors (Lipinski definition) is 2. The van der Waals surface area contributed by atoms with Crippen LogP contribution in [0.5, 0.6) is 0 Å². The summed E-state index contributed by atoms with van der Waals surface area (Å²) in [5.74, 6) is 0. The van der Waals surface area contributed by atoms with Gasteiger partial charge in [-0.3, -0.25) is 4.90 Å². The summed E-state index contributed by atoms with van der Waals surface area (Å²) in [5.41, 5.74) is 0. The van der Waals surface area contributed by atoms with Crippen molar-refractivity contribution in [2.24, 2.45) is 0 Å². The molecule has 0 aliphatic carbocycles. The summed E-state index contributed by atoms with van der Waals surface area (Å²) >= 11 is 0. The zero-order valence-corrected chi connectivity index (χ0v) is 12.1. The first-order valence-corrected chi connectivity index (χ1v) is 7.39. The van der Waals surface area contributed by atoms with Crippen LogP contribution in [0.2, 0.25) is 0 Å². The van der Waals surface area contributed by atoms with Crippen molar-refractivity contribution in [3.8, 4) is 0 Å². The highest BCUT2D eigenvalue weighted by Crippen LogP contribution is 2.16. The zero-order chi connectivity index (χ0) is 13.1. The van der Waals surface area contributed by atoms with Gasteiger partial charge in [0, 0.05) is 44.8 Å². The highest BCUT2D eigenvalue weighted by molar-refractivity contribution is 5.74. The Morgan fingerprint density at radius 2 is 1.67 bits per heavy atom. The maximum Gasteiger partial charge on any atom is 0.320 e. The van der Waals surface area contributed by atoms with Crippen molar-refractivity contribution in [2.45, 2.75) is 52.1 Å². The van der Waals surface area contributed by atoms with Gasteiger partial charge in [-0.25, -0.2) is 4.79 Å². The van der Waals surface area contributed by atoms with Crippen molar-refractivity contribution in [1.82, 2.24) is 14.7 Å². The summed E-state index contributed by atoms with van der Waals surface area (Å²) in [5, 5.41) is 0. The Balaban J connectivity index is 1.89. The van der Waals surface area contributed by atoms with Gasteiger partial charge >= 0.3 is 6.03 Å². The first-order valence-electron chi connectivity index (χ1n) is 7.39. The van der Waals surface area contributed by atoms with E-state index in [1.807, 2.05) is 4.90 Å². The highest BCUT2D eigenvalue weighted by Gasteiger charge is 2.30. The molecule has 0 bridgehead atoms. The van der Waals surface area contributed by atoms with E-state index in [0.717, 1.165) is 32.7 Å². The minimum Gasteiger partial charge on any atom is -0.325 e. The first kappa shape index (κ1) is 13.7. The van der Waals surface area contributed by atoms with Crippen LogP contribution >= 0.6 is 0 Å². The molecule has 0 aromatic carbocycles. The molecule has 0 radical (unpaired) electrons. The van der Waals surface area contributed by atoms with E-state index in [2.05, 4.69) is 30.6 Å². The lowest BCUT2D eigenvalue weighted by Gasteiger charge is -2.43. The van der Waals surface area contributed by atoms with Crippen molar-refractivity contribution in [1.29, 1.82) is 0 Å². The van der Waals surface area contributed by atoms with Gasteiger partial charge in [-0.05, 0) is 40.0 Å². The van der Waals surface area contributed by atoms with E-state index < -0.39 is 0 Å². The fourth-order valence-corrected chi connectivity index (χ4v) is 3.20. The average Bonchev–Trinajstić information content (AvgIpc) is 2.38. The lowest BCUT2D eigenvalue weighted by Crippen LogP contribution is -2.58. The maximum absolute atomic E-state index is 12.4. The predicted molar refractivity (Wildman–Crippen MR) is 73.7 cm³/mol. The third kappa shape index (κ3) is 2.97. The minimum atomic E-state index is 0.268. The normalized spacial score (nSPS) is 26.8. The quantitative estimate of drug-likeness (QED) is 0.714. The monoisotopic (exact) mass is 253 g/mol. The summed E-state index contributed by atoms with van der Waals surface area (Å²) in [6, 6.07) is 1.32. The highest BCUT2D eigenvalue weighted by atomic mass is 16.2. The predicted octanol–water partition coefficient (Wildman–Crippen LogP) is 2.01. The lowest BCUT2D eigenvalue weighted by molar-refractivity contribution is 0.0605. The summed E-state index contributed by atoms with van der Waals surface area (Å²) in [6.45, 7) is 11.4. The van der Waals surface area contributed by atoms with Crippen LogP contribution in [0.1, 0.15) is 40.0 Å². The Morgan fingerprint density at radius 3 is 2.22 bits per heavy atom. The van der Waals surface area contributed by atoms with Crippen molar-refractivity contribution in [3.05, 3.63) is 0 Å². The van der Waals surface area contributed by atoms with E-state index in [-0.39, 0.29) is 6.03 Å². The standard InChI is InChI=1S/C14H27N3O/c1-12(2)17-10-9-16(11-13(17)3)14(18)15-7-5-4-6-8-15/h12-13H,4-11H2,1-3H3. The molecule has 2 aliphatic heterocycles. The number of hydrogen-bond donors (Lipinski definition) is 0. The fourth-order valence-electron chi connectivity index (χ4n) is 3.20. The number of carbonyl (C=O) groups is 1. The van der Waals surface area contributed by atoms with Gasteiger partial charge in [0.1, 0.15) is 0 Å². The van der Waals surface area contributed by atoms with Gasteiger partial charge in [-0.1, -0.05) is 0 Å². The third-order valence-electron chi connectivity index (χ3n) is 4.24. The Kier molecular flexibility index (Phi) is 4.49. The molecule has 0 aromatic heterocycles. The Hall–Kier alpha value is -0.770. The van der Waals surface area contributed by atoms with Crippen LogP contribution in [0.4, 0.5) is 4.79 Å². The summed E-state index contributed by atoms with van der Waals surface area (Å²) < 4.78 is 0. The Morgan fingerprint density at radius 1 is 1.00 bits per heavy atom. The van der Waals surface area contributed by atoms with E-state index in [4.69, 9.17) is 0 Å². The van der Waals surface area contributed by atoms with Gasteiger partial charge in [-0.15, -0.1) is 0 Å². The summed E-state index contributed by atoms with van der Waals surface area (Å²) in [7, 11) is 0. The third-order valence-corrected chi connectivity index (χ3v) is 4.24. The second-order valence-corrected chi connectivity index (χ2v) is 5.96. The number of piperazine rings is 1. The number of likely N-dealkylation sites (tertiary alicyclic amines) is 1. The van der Waals surface area contributed by atoms with Crippen molar-refractivity contribution >= 4 is 6.03 Å². The maximum atomic E-state index is 12.4. The van der Waals surface area contributed by atoms with Crippen molar-refractivity contribution < 1.29 is 4.79 Å². The van der Waals surface area contributed by atoms with Gasteiger partial charge < -0.3 is 9.80 Å². The molecule has 0 saturated carbocycles. The summed E-state index contributed by atoms with van der Waals surface area (Å²) in [6.07, 6.45) is 3.63. The van der Waals surface area contributed by atoms with Crippen LogP contribution in [-0.2, 0) is 0 Å². The number of piperidine rings is 1. The SMILES string of the molecule is CC(C)N1CCN(C(=O)N2CCCCC2)CC1C. The molecule has 18 heavy (non-hydrogen) atoms. The van der Waals surface area contributed by atoms with E-state index in [0.29, 0.717) is 12.1 Å². The molecule has 2 amide bonds. The van der Waals surface area contributed by atoms with Crippen LogP contribution in [-0.4, -0.2) is 65.5 Å². The molecule has 1 atom stereocenters. The zero-order valence-electron chi connectivity index (χ0n) is 12.1. The fraction of sp³-hybridized carbons (Fsp3) is 0.929. The molecule has 4 nitrogen and oxygen atoms in total. The molecule has 104 valence electrons. The second kappa shape index (κ2) is 5.91. The molecule has 2 heterocycles. The van der Waals surface area contributed by atoms with E-state index >= 15 is 0 Å². The minimum absolute atomic E-state index is 0.268. The van der Waals surface area contributed by atoms with E-state index in [1.165, 1.54) is 19.3 Å². The molecule has 0 aromatic rings. The lowest BCUT2D eigenvalue weighted by atomic mass is 10.1. The smallest absolute Gasteiger partial charge is 0.320 e. The largest absolute Gasteiger partial charge is 0.325 e. The number of amides is 2. The van der Waals surface area contributed by atoms with Gasteiger partial charge in [0.25, 0.3) is 0 Å². The van der Waals surface area contributed by atoms with Crippen LogP contribution in [0.25, 0.3) is 0 Å². The van der Waals surface area contributed by atoms with Crippen molar-refractivity contribution in [2.75, 3.05) is 32.7 Å². The number of rotatable bonds is 1. The average molecular weight is 253 g/mol. The van der Waals surface area contributed by atoms with Gasteiger partial charge in [0.05, 0.1) is 0 Å².